The largest absolute Gasteiger partial charge is 0.390 e. The van der Waals surface area contributed by atoms with Crippen molar-refractivity contribution in [2.24, 2.45) is 5.92 Å². The van der Waals surface area contributed by atoms with Crippen molar-refractivity contribution in [2.75, 3.05) is 39.4 Å². The lowest BCUT2D eigenvalue weighted by atomic mass is 10.2. The first-order chi connectivity index (χ1) is 13.4. The molecule has 0 radical (unpaired) electrons. The van der Waals surface area contributed by atoms with Crippen molar-refractivity contribution in [3.63, 3.8) is 0 Å². The van der Waals surface area contributed by atoms with Gasteiger partial charge in [0.2, 0.25) is 5.91 Å². The van der Waals surface area contributed by atoms with E-state index in [0.29, 0.717) is 17.4 Å². The molecule has 1 saturated heterocycles. The summed E-state index contributed by atoms with van der Waals surface area (Å²) in [7, 11) is 0. The Balaban J connectivity index is 1.63. The number of aryl methyl sites for hydroxylation is 1. The summed E-state index contributed by atoms with van der Waals surface area (Å²) in [6.45, 7) is 8.79. The fourth-order valence-electron chi connectivity index (χ4n) is 2.72. The number of amides is 1. The summed E-state index contributed by atoms with van der Waals surface area (Å²) in [5.41, 5.74) is 5.84. The highest BCUT2D eigenvalue weighted by molar-refractivity contribution is 7.80. The summed E-state index contributed by atoms with van der Waals surface area (Å²) in [4.78, 5) is 24.7. The summed E-state index contributed by atoms with van der Waals surface area (Å²) in [5, 5.41) is 18.0. The second kappa shape index (κ2) is 10.9. The molecule has 0 unspecified atom stereocenters. The van der Waals surface area contributed by atoms with Gasteiger partial charge in [0.15, 0.2) is 5.11 Å². The van der Waals surface area contributed by atoms with Gasteiger partial charge in [0.05, 0.1) is 42.5 Å². The molecule has 0 aliphatic carbocycles. The van der Waals surface area contributed by atoms with Gasteiger partial charge in [-0.05, 0) is 37.0 Å². The lowest BCUT2D eigenvalue weighted by Gasteiger charge is -2.26. The maximum Gasteiger partial charge on any atom is 0.390 e. The molecular weight excluding hydrogens is 386 g/mol. The van der Waals surface area contributed by atoms with E-state index in [1.165, 1.54) is 10.7 Å². The average Bonchev–Trinajstić information content (AvgIpc) is 3.05. The molecule has 1 aromatic rings. The van der Waals surface area contributed by atoms with Crippen molar-refractivity contribution in [1.29, 1.82) is 0 Å². The van der Waals surface area contributed by atoms with E-state index in [9.17, 15) is 14.9 Å². The van der Waals surface area contributed by atoms with E-state index in [0.717, 1.165) is 39.3 Å². The van der Waals surface area contributed by atoms with Gasteiger partial charge in [-0.3, -0.25) is 20.5 Å². The molecular formula is C16H27N7O4S. The number of nitrogens with one attached hydrogen (secondary N) is 3. The summed E-state index contributed by atoms with van der Waals surface area (Å²) < 4.78 is 6.76. The predicted molar refractivity (Wildman–Crippen MR) is 107 cm³/mol. The number of rotatable bonds is 8. The molecule has 1 amide bonds. The van der Waals surface area contributed by atoms with Gasteiger partial charge in [-0.2, -0.15) is 4.68 Å². The Morgan fingerprint density at radius 3 is 2.79 bits per heavy atom. The van der Waals surface area contributed by atoms with Crippen LogP contribution in [-0.4, -0.2) is 70.0 Å². The third-order valence-corrected chi connectivity index (χ3v) is 4.64. The summed E-state index contributed by atoms with van der Waals surface area (Å²) in [6, 6.07) is 1.37. The van der Waals surface area contributed by atoms with Crippen LogP contribution in [-0.2, 0) is 16.1 Å². The topological polar surface area (TPSA) is 127 Å². The zero-order valence-corrected chi connectivity index (χ0v) is 17.0. The van der Waals surface area contributed by atoms with Crippen molar-refractivity contribution < 1.29 is 14.5 Å². The fourth-order valence-corrected chi connectivity index (χ4v) is 2.88. The molecule has 156 valence electrons. The van der Waals surface area contributed by atoms with Gasteiger partial charge in [-0.15, -0.1) is 0 Å². The summed E-state index contributed by atoms with van der Waals surface area (Å²) in [6.07, 6.45) is 0.934. The summed E-state index contributed by atoms with van der Waals surface area (Å²) >= 11 is 5.15. The molecule has 2 rings (SSSR count). The third kappa shape index (κ3) is 7.02. The molecule has 3 N–H and O–H groups in total. The fraction of sp³-hybridized carbons (Fsp3) is 0.688. The molecule has 1 aromatic heterocycles. The van der Waals surface area contributed by atoms with Gasteiger partial charge < -0.3 is 20.2 Å². The van der Waals surface area contributed by atoms with Crippen LogP contribution in [0.5, 0.6) is 0 Å². The number of hydrazine groups is 1. The van der Waals surface area contributed by atoms with Crippen LogP contribution in [0.1, 0.15) is 19.0 Å². The van der Waals surface area contributed by atoms with Gasteiger partial charge in [0.25, 0.3) is 0 Å². The lowest BCUT2D eigenvalue weighted by Crippen LogP contribution is -2.49. The van der Waals surface area contributed by atoms with E-state index in [4.69, 9.17) is 17.0 Å². The predicted octanol–water partition coefficient (Wildman–Crippen LogP) is -0.0466. The van der Waals surface area contributed by atoms with Crippen LogP contribution in [0.2, 0.25) is 0 Å². The number of carbonyl (C=O) groups is 1. The molecule has 0 bridgehead atoms. The Kier molecular flexibility index (Phi) is 8.54. The van der Waals surface area contributed by atoms with E-state index < -0.39 is 10.8 Å². The van der Waals surface area contributed by atoms with Crippen molar-refractivity contribution >= 4 is 29.1 Å². The SMILES string of the molecule is Cc1cc([N+](=O)[O-])nn1C[C@H](C)C(=O)NNC(=S)NCCCN1CCOCC1. The number of nitrogens with zero attached hydrogens (tertiary/aromatic N) is 4. The van der Waals surface area contributed by atoms with E-state index in [1.807, 2.05) is 0 Å². The average molecular weight is 414 g/mol. The minimum Gasteiger partial charge on any atom is -0.379 e. The molecule has 12 heteroatoms. The smallest absolute Gasteiger partial charge is 0.379 e. The Morgan fingerprint density at radius 1 is 1.43 bits per heavy atom. The number of ether oxygens (including phenoxy) is 1. The molecule has 1 fully saturated rings. The van der Waals surface area contributed by atoms with Crippen LogP contribution in [0.3, 0.4) is 0 Å². The highest BCUT2D eigenvalue weighted by Crippen LogP contribution is 2.12. The number of hydrogen-bond acceptors (Lipinski definition) is 7. The number of hydrogen-bond donors (Lipinski definition) is 3. The first-order valence-corrected chi connectivity index (χ1v) is 9.60. The van der Waals surface area contributed by atoms with E-state index in [1.54, 1.807) is 13.8 Å². The molecule has 1 atom stereocenters. The Hall–Kier alpha value is -2.31. The molecule has 0 saturated carbocycles. The van der Waals surface area contributed by atoms with Crippen molar-refractivity contribution in [3.05, 3.63) is 21.9 Å². The van der Waals surface area contributed by atoms with Gasteiger partial charge in [-0.1, -0.05) is 6.92 Å². The molecule has 1 aliphatic heterocycles. The number of aromatic nitrogens is 2. The summed E-state index contributed by atoms with van der Waals surface area (Å²) in [5.74, 6) is -0.962. The highest BCUT2D eigenvalue weighted by atomic mass is 32.1. The number of morpholine rings is 1. The van der Waals surface area contributed by atoms with Crippen LogP contribution in [0, 0.1) is 23.0 Å². The van der Waals surface area contributed by atoms with Gasteiger partial charge in [0.1, 0.15) is 0 Å². The number of nitro groups is 1. The Labute approximate surface area is 168 Å². The highest BCUT2D eigenvalue weighted by Gasteiger charge is 2.20. The monoisotopic (exact) mass is 413 g/mol. The quantitative estimate of drug-likeness (QED) is 0.233. The van der Waals surface area contributed by atoms with E-state index in [2.05, 4.69) is 26.2 Å². The van der Waals surface area contributed by atoms with Crippen molar-refractivity contribution in [3.8, 4) is 0 Å². The molecule has 28 heavy (non-hydrogen) atoms. The lowest BCUT2D eigenvalue weighted by molar-refractivity contribution is -0.389. The van der Waals surface area contributed by atoms with Crippen molar-refractivity contribution in [2.45, 2.75) is 26.8 Å². The van der Waals surface area contributed by atoms with Gasteiger partial charge in [0, 0.05) is 19.6 Å². The van der Waals surface area contributed by atoms with Gasteiger partial charge >= 0.3 is 5.82 Å². The molecule has 11 nitrogen and oxygen atoms in total. The van der Waals surface area contributed by atoms with Gasteiger partial charge in [-0.25, -0.2) is 0 Å². The second-order valence-electron chi connectivity index (χ2n) is 6.66. The van der Waals surface area contributed by atoms with Crippen LogP contribution in [0.15, 0.2) is 6.07 Å². The molecule has 0 aromatic carbocycles. The number of thiocarbonyl (C=S) groups is 1. The standard InChI is InChI=1S/C16H27N7O4S/c1-12(11-22-13(2)10-14(20-22)23(25)26)15(24)18-19-16(28)17-4-3-5-21-6-8-27-9-7-21/h10,12H,3-9,11H2,1-2H3,(H,18,24)(H2,17,19,28)/t12-/m0/s1. The minimum absolute atomic E-state index is 0.229. The third-order valence-electron chi connectivity index (χ3n) is 4.39. The Morgan fingerprint density at radius 2 is 2.14 bits per heavy atom. The Bertz CT molecular complexity index is 691. The van der Waals surface area contributed by atoms with Crippen LogP contribution in [0.25, 0.3) is 0 Å². The number of carbonyl (C=O) groups excluding carboxylic acids is 1. The first-order valence-electron chi connectivity index (χ1n) is 9.19. The zero-order valence-electron chi connectivity index (χ0n) is 16.1. The first kappa shape index (κ1) is 22.0. The minimum atomic E-state index is -0.557. The normalized spacial score (nSPS) is 15.6. The van der Waals surface area contributed by atoms with Crippen molar-refractivity contribution in [1.82, 2.24) is 30.8 Å². The second-order valence-corrected chi connectivity index (χ2v) is 7.07. The molecule has 2 heterocycles. The zero-order chi connectivity index (χ0) is 20.5. The maximum atomic E-state index is 12.2. The van der Waals surface area contributed by atoms with E-state index >= 15 is 0 Å². The molecule has 1 aliphatic rings. The molecule has 0 spiro atoms. The van der Waals surface area contributed by atoms with E-state index in [-0.39, 0.29) is 18.3 Å². The maximum absolute atomic E-state index is 12.2. The van der Waals surface area contributed by atoms with Crippen LogP contribution < -0.4 is 16.2 Å². The van der Waals surface area contributed by atoms with Crippen LogP contribution >= 0.6 is 12.2 Å². The van der Waals surface area contributed by atoms with Crippen LogP contribution in [0.4, 0.5) is 5.82 Å².